The number of amides is 1. The van der Waals surface area contributed by atoms with Crippen LogP contribution in [0.5, 0.6) is 5.75 Å². The van der Waals surface area contributed by atoms with Gasteiger partial charge in [0.2, 0.25) is 5.91 Å². The van der Waals surface area contributed by atoms with Crippen molar-refractivity contribution in [3.8, 4) is 5.75 Å². The van der Waals surface area contributed by atoms with E-state index in [1.165, 1.54) is 0 Å². The Balaban J connectivity index is 2.10. The number of piperidine rings is 1. The van der Waals surface area contributed by atoms with E-state index in [0.717, 1.165) is 37.2 Å². The molecule has 1 aromatic rings. The number of rotatable bonds is 5. The first-order valence-corrected chi connectivity index (χ1v) is 8.52. The first kappa shape index (κ1) is 17.8. The third-order valence-corrected chi connectivity index (χ3v) is 4.89. The van der Waals surface area contributed by atoms with E-state index in [1.807, 2.05) is 49.9 Å². The van der Waals surface area contributed by atoms with Crippen LogP contribution in [-0.2, 0) is 11.2 Å². The fourth-order valence-electron chi connectivity index (χ4n) is 3.45. The smallest absolute Gasteiger partial charge is 0.228 e. The second kappa shape index (κ2) is 7.35. The van der Waals surface area contributed by atoms with Crippen LogP contribution in [0.15, 0.2) is 24.3 Å². The Labute approximate surface area is 140 Å². The molecule has 2 atom stereocenters. The van der Waals surface area contributed by atoms with Crippen LogP contribution in [0.1, 0.15) is 39.2 Å². The van der Waals surface area contributed by atoms with Crippen LogP contribution in [0, 0.1) is 11.3 Å². The summed E-state index contributed by atoms with van der Waals surface area (Å²) >= 11 is 0. The third kappa shape index (κ3) is 4.25. The van der Waals surface area contributed by atoms with Crippen LogP contribution in [0.2, 0.25) is 0 Å². The summed E-state index contributed by atoms with van der Waals surface area (Å²) < 4.78 is 5.42. The monoisotopic (exact) mass is 318 g/mol. The molecule has 0 radical (unpaired) electrons. The number of likely N-dealkylation sites (tertiary alicyclic amines) is 1. The van der Waals surface area contributed by atoms with Gasteiger partial charge in [0.1, 0.15) is 5.75 Å². The molecule has 1 amide bonds. The second-order valence-corrected chi connectivity index (χ2v) is 7.39. The van der Waals surface area contributed by atoms with Crippen molar-refractivity contribution in [2.24, 2.45) is 17.1 Å². The van der Waals surface area contributed by atoms with Crippen molar-refractivity contribution >= 4 is 5.91 Å². The maximum Gasteiger partial charge on any atom is 0.228 e. The molecule has 0 aromatic heterocycles. The van der Waals surface area contributed by atoms with Gasteiger partial charge in [-0.3, -0.25) is 4.79 Å². The minimum atomic E-state index is -0.450. The highest BCUT2D eigenvalue weighted by Gasteiger charge is 2.35. The lowest BCUT2D eigenvalue weighted by Gasteiger charge is -2.39. The standard InChI is InChI=1S/C19H30N2O2/c1-14(20)16-9-7-11-21(13-16)18(22)19(2,3)12-15-8-5-6-10-17(15)23-4/h5-6,8,10,14,16H,7,9,11-13,20H2,1-4H3. The van der Waals surface area contributed by atoms with Crippen LogP contribution in [0.4, 0.5) is 0 Å². The lowest BCUT2D eigenvalue weighted by atomic mass is 9.82. The molecule has 0 bridgehead atoms. The van der Waals surface area contributed by atoms with Gasteiger partial charge in [-0.15, -0.1) is 0 Å². The number of carbonyl (C=O) groups is 1. The molecule has 1 aliphatic rings. The topological polar surface area (TPSA) is 55.6 Å². The summed E-state index contributed by atoms with van der Waals surface area (Å²) in [5, 5.41) is 0. The second-order valence-electron chi connectivity index (χ2n) is 7.39. The molecule has 4 heteroatoms. The molecule has 1 aromatic carbocycles. The number of nitrogens with two attached hydrogens (primary N) is 1. The van der Waals surface area contributed by atoms with Gasteiger partial charge >= 0.3 is 0 Å². The summed E-state index contributed by atoms with van der Waals surface area (Å²) in [5.41, 5.74) is 6.67. The molecule has 2 N–H and O–H groups in total. The summed E-state index contributed by atoms with van der Waals surface area (Å²) in [6.45, 7) is 7.72. The molecule has 1 saturated heterocycles. The average molecular weight is 318 g/mol. The van der Waals surface area contributed by atoms with Crippen LogP contribution >= 0.6 is 0 Å². The molecular formula is C19H30N2O2. The van der Waals surface area contributed by atoms with Crippen molar-refractivity contribution in [2.75, 3.05) is 20.2 Å². The van der Waals surface area contributed by atoms with E-state index in [4.69, 9.17) is 10.5 Å². The zero-order valence-corrected chi connectivity index (χ0v) is 14.8. The van der Waals surface area contributed by atoms with Gasteiger partial charge in [-0.2, -0.15) is 0 Å². The van der Waals surface area contributed by atoms with Crippen LogP contribution in [0.25, 0.3) is 0 Å². The molecule has 128 valence electrons. The first-order chi connectivity index (χ1) is 10.8. The molecule has 2 rings (SSSR count). The Morgan fingerprint density at radius 2 is 2.13 bits per heavy atom. The molecule has 23 heavy (non-hydrogen) atoms. The number of methoxy groups -OCH3 is 1. The highest BCUT2D eigenvalue weighted by atomic mass is 16.5. The van der Waals surface area contributed by atoms with Crippen LogP contribution < -0.4 is 10.5 Å². The van der Waals surface area contributed by atoms with Gasteiger partial charge in [-0.1, -0.05) is 32.0 Å². The van der Waals surface area contributed by atoms with Crippen molar-refractivity contribution in [2.45, 2.75) is 46.1 Å². The number of hydrogen-bond donors (Lipinski definition) is 1. The Hall–Kier alpha value is -1.55. The molecule has 0 aliphatic carbocycles. The molecule has 1 fully saturated rings. The normalized spacial score (nSPS) is 20.2. The van der Waals surface area contributed by atoms with Gasteiger partial charge in [0.25, 0.3) is 0 Å². The quantitative estimate of drug-likeness (QED) is 0.908. The van der Waals surface area contributed by atoms with Gasteiger partial charge in [0.15, 0.2) is 0 Å². The fraction of sp³-hybridized carbons (Fsp3) is 0.632. The highest BCUT2D eigenvalue weighted by Crippen LogP contribution is 2.31. The summed E-state index contributed by atoms with van der Waals surface area (Å²) in [4.78, 5) is 15.0. The third-order valence-electron chi connectivity index (χ3n) is 4.89. The summed E-state index contributed by atoms with van der Waals surface area (Å²) in [6.07, 6.45) is 2.84. The number of para-hydroxylation sites is 1. The maximum atomic E-state index is 13.0. The van der Waals surface area contributed by atoms with E-state index in [2.05, 4.69) is 0 Å². The summed E-state index contributed by atoms with van der Waals surface area (Å²) in [5.74, 6) is 1.48. The van der Waals surface area contributed by atoms with E-state index in [0.29, 0.717) is 12.3 Å². The van der Waals surface area contributed by atoms with Gasteiger partial charge in [0, 0.05) is 24.5 Å². The number of carbonyl (C=O) groups excluding carboxylic acids is 1. The van der Waals surface area contributed by atoms with E-state index in [-0.39, 0.29) is 11.9 Å². The predicted octanol–water partition coefficient (Wildman–Crippen LogP) is 2.85. The van der Waals surface area contributed by atoms with Crippen molar-refractivity contribution in [3.05, 3.63) is 29.8 Å². The number of benzene rings is 1. The van der Waals surface area contributed by atoms with E-state index >= 15 is 0 Å². The number of hydrogen-bond acceptors (Lipinski definition) is 3. The van der Waals surface area contributed by atoms with E-state index < -0.39 is 5.41 Å². The van der Waals surface area contributed by atoms with Gasteiger partial charge < -0.3 is 15.4 Å². The van der Waals surface area contributed by atoms with Crippen molar-refractivity contribution in [1.29, 1.82) is 0 Å². The lowest BCUT2D eigenvalue weighted by Crippen LogP contribution is -2.49. The van der Waals surface area contributed by atoms with Gasteiger partial charge in [0.05, 0.1) is 7.11 Å². The highest BCUT2D eigenvalue weighted by molar-refractivity contribution is 5.82. The van der Waals surface area contributed by atoms with Crippen molar-refractivity contribution in [1.82, 2.24) is 4.90 Å². The minimum absolute atomic E-state index is 0.142. The molecule has 1 aliphatic heterocycles. The predicted molar refractivity (Wildman–Crippen MR) is 93.4 cm³/mol. The average Bonchev–Trinajstić information content (AvgIpc) is 2.54. The molecule has 0 saturated carbocycles. The largest absolute Gasteiger partial charge is 0.496 e. The Morgan fingerprint density at radius 1 is 1.43 bits per heavy atom. The summed E-state index contributed by atoms with van der Waals surface area (Å²) in [6, 6.07) is 8.07. The molecular weight excluding hydrogens is 288 g/mol. The number of ether oxygens (including phenoxy) is 1. The zero-order chi connectivity index (χ0) is 17.0. The van der Waals surface area contributed by atoms with E-state index in [1.54, 1.807) is 7.11 Å². The van der Waals surface area contributed by atoms with Gasteiger partial charge in [-0.05, 0) is 43.7 Å². The molecule has 2 unspecified atom stereocenters. The SMILES string of the molecule is COc1ccccc1CC(C)(C)C(=O)N1CCCC(C(C)N)C1. The van der Waals surface area contributed by atoms with Crippen molar-refractivity contribution in [3.63, 3.8) is 0 Å². The molecule has 1 heterocycles. The Morgan fingerprint density at radius 3 is 2.78 bits per heavy atom. The van der Waals surface area contributed by atoms with Crippen molar-refractivity contribution < 1.29 is 9.53 Å². The Kier molecular flexibility index (Phi) is 5.69. The lowest BCUT2D eigenvalue weighted by molar-refractivity contribution is -0.142. The Bertz CT molecular complexity index is 540. The van der Waals surface area contributed by atoms with Gasteiger partial charge in [-0.25, -0.2) is 0 Å². The van der Waals surface area contributed by atoms with Crippen LogP contribution in [-0.4, -0.2) is 37.0 Å². The fourth-order valence-corrected chi connectivity index (χ4v) is 3.45. The number of nitrogens with zero attached hydrogens (tertiary/aromatic N) is 1. The summed E-state index contributed by atoms with van der Waals surface area (Å²) in [7, 11) is 1.67. The first-order valence-electron chi connectivity index (χ1n) is 8.52. The molecule has 0 spiro atoms. The van der Waals surface area contributed by atoms with E-state index in [9.17, 15) is 4.79 Å². The maximum absolute atomic E-state index is 13.0. The molecule has 4 nitrogen and oxygen atoms in total. The zero-order valence-electron chi connectivity index (χ0n) is 14.8. The minimum Gasteiger partial charge on any atom is -0.496 e. The van der Waals surface area contributed by atoms with Crippen LogP contribution in [0.3, 0.4) is 0 Å².